The van der Waals surface area contributed by atoms with Crippen LogP contribution in [0, 0.1) is 0 Å². The molecule has 90 valence electrons. The van der Waals surface area contributed by atoms with Crippen LogP contribution in [0.25, 0.3) is 10.2 Å². The Morgan fingerprint density at radius 3 is 2.83 bits per heavy atom. The lowest BCUT2D eigenvalue weighted by Crippen LogP contribution is -1.99. The van der Waals surface area contributed by atoms with Crippen LogP contribution >= 0.6 is 22.9 Å². The Labute approximate surface area is 113 Å². The Morgan fingerprint density at radius 1 is 1.22 bits per heavy atom. The molecule has 0 bridgehead atoms. The summed E-state index contributed by atoms with van der Waals surface area (Å²) in [5.74, 6) is 0. The second kappa shape index (κ2) is 4.88. The Balaban J connectivity index is 1.81. The molecule has 0 aliphatic carbocycles. The van der Waals surface area contributed by atoms with Crippen molar-refractivity contribution in [2.75, 3.05) is 5.32 Å². The summed E-state index contributed by atoms with van der Waals surface area (Å²) in [5, 5.41) is 4.78. The molecule has 1 aromatic carbocycles. The van der Waals surface area contributed by atoms with E-state index < -0.39 is 0 Å². The molecule has 0 radical (unpaired) electrons. The average molecular weight is 277 g/mol. The van der Waals surface area contributed by atoms with Crippen molar-refractivity contribution in [1.29, 1.82) is 0 Å². The maximum atomic E-state index is 6.08. The largest absolute Gasteiger partial charge is 0.357 e. The zero-order valence-corrected chi connectivity index (χ0v) is 10.9. The molecule has 0 atom stereocenters. The van der Waals surface area contributed by atoms with E-state index in [9.17, 15) is 0 Å². The highest BCUT2D eigenvalue weighted by Crippen LogP contribution is 2.30. The summed E-state index contributed by atoms with van der Waals surface area (Å²) in [5.41, 5.74) is 1.86. The lowest BCUT2D eigenvalue weighted by molar-refractivity contribution is 1.05. The topological polar surface area (TPSA) is 50.7 Å². The standard InChI is InChI=1S/C12H9ClN4S/c13-9-2-1-3-10-11(9)17-12(18-10)16-6-8-4-14-7-15-5-8/h1-5,7H,6H2,(H,16,17). The van der Waals surface area contributed by atoms with Gasteiger partial charge in [-0.1, -0.05) is 29.0 Å². The molecule has 2 heterocycles. The van der Waals surface area contributed by atoms with Crippen molar-refractivity contribution < 1.29 is 0 Å². The van der Waals surface area contributed by atoms with E-state index in [2.05, 4.69) is 20.3 Å². The monoisotopic (exact) mass is 276 g/mol. The van der Waals surface area contributed by atoms with Crippen molar-refractivity contribution in [2.24, 2.45) is 0 Å². The molecule has 1 N–H and O–H groups in total. The smallest absolute Gasteiger partial charge is 0.184 e. The van der Waals surface area contributed by atoms with Gasteiger partial charge < -0.3 is 5.32 Å². The Bertz CT molecular complexity index is 668. The summed E-state index contributed by atoms with van der Waals surface area (Å²) in [6, 6.07) is 5.78. The van der Waals surface area contributed by atoms with Gasteiger partial charge in [-0.3, -0.25) is 0 Å². The van der Waals surface area contributed by atoms with Crippen LogP contribution in [-0.4, -0.2) is 15.0 Å². The van der Waals surface area contributed by atoms with E-state index in [0.29, 0.717) is 11.6 Å². The molecule has 0 aliphatic rings. The number of nitrogens with zero attached hydrogens (tertiary/aromatic N) is 3. The number of para-hydroxylation sites is 1. The number of halogens is 1. The minimum Gasteiger partial charge on any atom is -0.357 e. The second-order valence-electron chi connectivity index (χ2n) is 3.71. The van der Waals surface area contributed by atoms with Gasteiger partial charge in [-0.15, -0.1) is 0 Å². The van der Waals surface area contributed by atoms with Crippen LogP contribution in [0.4, 0.5) is 5.13 Å². The first-order valence-electron chi connectivity index (χ1n) is 5.36. The van der Waals surface area contributed by atoms with Gasteiger partial charge >= 0.3 is 0 Å². The van der Waals surface area contributed by atoms with Gasteiger partial charge in [0.2, 0.25) is 0 Å². The molecule has 0 aliphatic heterocycles. The highest BCUT2D eigenvalue weighted by Gasteiger charge is 2.06. The predicted molar refractivity (Wildman–Crippen MR) is 74.0 cm³/mol. The van der Waals surface area contributed by atoms with Gasteiger partial charge in [-0.05, 0) is 12.1 Å². The first kappa shape index (κ1) is 11.4. The summed E-state index contributed by atoms with van der Waals surface area (Å²) in [7, 11) is 0. The van der Waals surface area contributed by atoms with Crippen LogP contribution in [-0.2, 0) is 6.54 Å². The second-order valence-corrected chi connectivity index (χ2v) is 5.14. The molecule has 3 rings (SSSR count). The highest BCUT2D eigenvalue weighted by molar-refractivity contribution is 7.22. The molecule has 4 nitrogen and oxygen atoms in total. The summed E-state index contributed by atoms with van der Waals surface area (Å²) in [6.07, 6.45) is 5.07. The first-order valence-corrected chi connectivity index (χ1v) is 6.55. The summed E-state index contributed by atoms with van der Waals surface area (Å²) in [6.45, 7) is 0.651. The number of hydrogen-bond donors (Lipinski definition) is 1. The van der Waals surface area contributed by atoms with E-state index in [-0.39, 0.29) is 0 Å². The highest BCUT2D eigenvalue weighted by atomic mass is 35.5. The molecule has 0 saturated heterocycles. The first-order chi connectivity index (χ1) is 8.83. The van der Waals surface area contributed by atoms with Crippen LogP contribution in [0.5, 0.6) is 0 Å². The van der Waals surface area contributed by atoms with Crippen molar-refractivity contribution in [3.8, 4) is 0 Å². The zero-order valence-electron chi connectivity index (χ0n) is 9.30. The molecule has 18 heavy (non-hydrogen) atoms. The average Bonchev–Trinajstić information content (AvgIpc) is 2.82. The summed E-state index contributed by atoms with van der Waals surface area (Å²) in [4.78, 5) is 12.4. The van der Waals surface area contributed by atoms with Crippen molar-refractivity contribution in [3.63, 3.8) is 0 Å². The Kier molecular flexibility index (Phi) is 3.08. The lowest BCUT2D eigenvalue weighted by atomic mass is 10.3. The molecule has 3 aromatic rings. The van der Waals surface area contributed by atoms with E-state index >= 15 is 0 Å². The van der Waals surface area contributed by atoms with Crippen molar-refractivity contribution in [2.45, 2.75) is 6.54 Å². The molecule has 0 spiro atoms. The van der Waals surface area contributed by atoms with Gasteiger partial charge in [0.15, 0.2) is 5.13 Å². The van der Waals surface area contributed by atoms with Gasteiger partial charge in [0.05, 0.1) is 9.72 Å². The number of hydrogen-bond acceptors (Lipinski definition) is 5. The van der Waals surface area contributed by atoms with Crippen molar-refractivity contribution >= 4 is 38.3 Å². The number of rotatable bonds is 3. The van der Waals surface area contributed by atoms with Crippen molar-refractivity contribution in [1.82, 2.24) is 15.0 Å². The van der Waals surface area contributed by atoms with E-state index in [1.54, 1.807) is 23.7 Å². The summed E-state index contributed by atoms with van der Waals surface area (Å²) < 4.78 is 1.08. The zero-order chi connectivity index (χ0) is 12.4. The SMILES string of the molecule is Clc1cccc2sc(NCc3cncnc3)nc12. The van der Waals surface area contributed by atoms with E-state index in [1.165, 1.54) is 6.33 Å². The maximum Gasteiger partial charge on any atom is 0.184 e. The van der Waals surface area contributed by atoms with Crippen molar-refractivity contribution in [3.05, 3.63) is 47.5 Å². The van der Waals surface area contributed by atoms with Crippen LogP contribution in [0.2, 0.25) is 5.02 Å². The fraction of sp³-hybridized carbons (Fsp3) is 0.0833. The molecular weight excluding hydrogens is 268 g/mol. The maximum absolute atomic E-state index is 6.08. The molecule has 6 heteroatoms. The summed E-state index contributed by atoms with van der Waals surface area (Å²) >= 11 is 7.67. The molecule has 0 amide bonds. The van der Waals surface area contributed by atoms with Crippen LogP contribution in [0.15, 0.2) is 36.9 Å². The Morgan fingerprint density at radius 2 is 2.06 bits per heavy atom. The number of thiazole rings is 1. The fourth-order valence-corrected chi connectivity index (χ4v) is 2.75. The number of benzene rings is 1. The third-order valence-corrected chi connectivity index (χ3v) is 3.71. The van der Waals surface area contributed by atoms with Crippen LogP contribution in [0.3, 0.4) is 0 Å². The third kappa shape index (κ3) is 2.27. The van der Waals surface area contributed by atoms with Gasteiger partial charge in [0, 0.05) is 24.5 Å². The fourth-order valence-electron chi connectivity index (χ4n) is 1.59. The predicted octanol–water partition coefficient (Wildman–Crippen LogP) is 3.35. The number of anilines is 1. The lowest BCUT2D eigenvalue weighted by Gasteiger charge is -2.00. The van der Waals surface area contributed by atoms with Gasteiger partial charge in [0.25, 0.3) is 0 Å². The number of nitrogens with one attached hydrogen (secondary N) is 1. The van der Waals surface area contributed by atoms with Gasteiger partial charge in [0.1, 0.15) is 11.8 Å². The molecule has 0 saturated carbocycles. The molecule has 0 unspecified atom stereocenters. The minimum atomic E-state index is 0.651. The third-order valence-electron chi connectivity index (χ3n) is 2.43. The molecular formula is C12H9ClN4S. The number of fused-ring (bicyclic) bond motifs is 1. The van der Waals surface area contributed by atoms with E-state index in [0.717, 1.165) is 20.9 Å². The minimum absolute atomic E-state index is 0.651. The molecule has 0 fully saturated rings. The van der Waals surface area contributed by atoms with Gasteiger partial charge in [-0.25, -0.2) is 15.0 Å². The number of aromatic nitrogens is 3. The molecule has 2 aromatic heterocycles. The van der Waals surface area contributed by atoms with Crippen LogP contribution < -0.4 is 5.32 Å². The van der Waals surface area contributed by atoms with E-state index in [1.807, 2.05) is 18.2 Å². The van der Waals surface area contributed by atoms with Gasteiger partial charge in [-0.2, -0.15) is 0 Å². The quantitative estimate of drug-likeness (QED) is 0.797. The van der Waals surface area contributed by atoms with Crippen LogP contribution in [0.1, 0.15) is 5.56 Å². The normalized spacial score (nSPS) is 10.7. The Hall–Kier alpha value is -1.72. The van der Waals surface area contributed by atoms with E-state index in [4.69, 9.17) is 11.6 Å².